The van der Waals surface area contributed by atoms with Gasteiger partial charge in [0.15, 0.2) is 0 Å². The van der Waals surface area contributed by atoms with Gasteiger partial charge in [-0.2, -0.15) is 0 Å². The molecule has 2 N–H and O–H groups in total. The minimum Gasteiger partial charge on any atom is -0.355 e. The van der Waals surface area contributed by atoms with Crippen molar-refractivity contribution in [2.45, 2.75) is 26.2 Å². The van der Waals surface area contributed by atoms with Crippen molar-refractivity contribution in [1.29, 1.82) is 0 Å². The molecule has 1 amide bonds. The number of nitrogens with one attached hydrogen (secondary N) is 2. The first kappa shape index (κ1) is 13.0. The maximum absolute atomic E-state index is 12.2. The summed E-state index contributed by atoms with van der Waals surface area (Å²) in [6.45, 7) is 4.53. The van der Waals surface area contributed by atoms with Gasteiger partial charge in [0.1, 0.15) is 0 Å². The zero-order chi connectivity index (χ0) is 12.8. The van der Waals surface area contributed by atoms with Gasteiger partial charge in [-0.05, 0) is 37.4 Å². The molecule has 4 nitrogen and oxygen atoms in total. The molecule has 1 aliphatic heterocycles. The fourth-order valence-corrected chi connectivity index (χ4v) is 2.45. The van der Waals surface area contributed by atoms with Crippen LogP contribution in [0.15, 0.2) is 24.5 Å². The lowest BCUT2D eigenvalue weighted by Crippen LogP contribution is -2.42. The standard InChI is InChI=1S/C14H21N3O/c1-2-14(6-9-16-11-14)13(18)17-8-5-12-4-3-7-15-10-12/h3-4,7,10,16H,2,5-6,8-9,11H2,1H3,(H,17,18). The van der Waals surface area contributed by atoms with E-state index in [-0.39, 0.29) is 11.3 Å². The highest BCUT2D eigenvalue weighted by atomic mass is 16.2. The number of pyridine rings is 1. The van der Waals surface area contributed by atoms with Gasteiger partial charge in [0, 0.05) is 25.5 Å². The van der Waals surface area contributed by atoms with Crippen LogP contribution in [-0.2, 0) is 11.2 Å². The normalized spacial score (nSPS) is 22.9. The summed E-state index contributed by atoms with van der Waals surface area (Å²) in [6, 6.07) is 3.96. The number of hydrogen-bond donors (Lipinski definition) is 2. The van der Waals surface area contributed by atoms with Crippen LogP contribution in [0.5, 0.6) is 0 Å². The molecule has 1 atom stereocenters. The van der Waals surface area contributed by atoms with E-state index in [0.717, 1.165) is 37.9 Å². The zero-order valence-corrected chi connectivity index (χ0v) is 10.9. The Labute approximate surface area is 108 Å². The average molecular weight is 247 g/mol. The summed E-state index contributed by atoms with van der Waals surface area (Å²) in [6.07, 6.45) is 6.30. The van der Waals surface area contributed by atoms with Crippen LogP contribution in [0, 0.1) is 5.41 Å². The summed E-state index contributed by atoms with van der Waals surface area (Å²) in [5.41, 5.74) is 0.975. The lowest BCUT2D eigenvalue weighted by Gasteiger charge is -2.25. The van der Waals surface area contributed by atoms with Crippen molar-refractivity contribution in [3.8, 4) is 0 Å². The van der Waals surface area contributed by atoms with E-state index < -0.39 is 0 Å². The van der Waals surface area contributed by atoms with Crippen LogP contribution >= 0.6 is 0 Å². The summed E-state index contributed by atoms with van der Waals surface area (Å²) in [5.74, 6) is 0.193. The van der Waals surface area contributed by atoms with Crippen LogP contribution < -0.4 is 10.6 Å². The van der Waals surface area contributed by atoms with E-state index in [9.17, 15) is 4.79 Å². The van der Waals surface area contributed by atoms with Crippen molar-refractivity contribution in [1.82, 2.24) is 15.6 Å². The molecule has 4 heteroatoms. The molecule has 1 saturated heterocycles. The van der Waals surface area contributed by atoms with Crippen LogP contribution in [-0.4, -0.2) is 30.5 Å². The second-order valence-corrected chi connectivity index (χ2v) is 4.93. The maximum atomic E-state index is 12.2. The quantitative estimate of drug-likeness (QED) is 0.820. The van der Waals surface area contributed by atoms with Crippen molar-refractivity contribution in [2.24, 2.45) is 5.41 Å². The number of carbonyl (C=O) groups is 1. The summed E-state index contributed by atoms with van der Waals surface area (Å²) < 4.78 is 0. The third-order valence-electron chi connectivity index (χ3n) is 3.82. The molecule has 2 rings (SSSR count). The molecule has 0 saturated carbocycles. The van der Waals surface area contributed by atoms with E-state index in [1.165, 1.54) is 0 Å². The van der Waals surface area contributed by atoms with Gasteiger partial charge in [0.2, 0.25) is 5.91 Å². The third kappa shape index (κ3) is 2.88. The lowest BCUT2D eigenvalue weighted by molar-refractivity contribution is -0.130. The third-order valence-corrected chi connectivity index (χ3v) is 3.82. The van der Waals surface area contributed by atoms with Gasteiger partial charge in [-0.1, -0.05) is 13.0 Å². The Morgan fingerprint density at radius 3 is 3.11 bits per heavy atom. The molecule has 0 aliphatic carbocycles. The lowest BCUT2D eigenvalue weighted by atomic mass is 9.83. The van der Waals surface area contributed by atoms with E-state index in [1.54, 1.807) is 6.20 Å². The molecule has 1 aromatic rings. The van der Waals surface area contributed by atoms with Gasteiger partial charge >= 0.3 is 0 Å². The number of aromatic nitrogens is 1. The molecule has 18 heavy (non-hydrogen) atoms. The summed E-state index contributed by atoms with van der Waals surface area (Å²) >= 11 is 0. The Kier molecular flexibility index (Phi) is 4.31. The minimum absolute atomic E-state index is 0.186. The molecule has 2 heterocycles. The predicted molar refractivity (Wildman–Crippen MR) is 71.2 cm³/mol. The number of amides is 1. The molecule has 0 bridgehead atoms. The number of rotatable bonds is 5. The maximum Gasteiger partial charge on any atom is 0.227 e. The van der Waals surface area contributed by atoms with Crippen LogP contribution in [0.3, 0.4) is 0 Å². The Morgan fingerprint density at radius 1 is 1.61 bits per heavy atom. The topological polar surface area (TPSA) is 54.0 Å². The molecule has 0 radical (unpaired) electrons. The first-order valence-electron chi connectivity index (χ1n) is 6.65. The number of carbonyl (C=O) groups excluding carboxylic acids is 1. The van der Waals surface area contributed by atoms with Crippen molar-refractivity contribution in [2.75, 3.05) is 19.6 Å². The molecule has 1 aromatic heterocycles. The largest absolute Gasteiger partial charge is 0.355 e. The summed E-state index contributed by atoms with van der Waals surface area (Å²) in [4.78, 5) is 16.3. The van der Waals surface area contributed by atoms with Crippen LogP contribution in [0.25, 0.3) is 0 Å². The van der Waals surface area contributed by atoms with Crippen LogP contribution in [0.4, 0.5) is 0 Å². The van der Waals surface area contributed by atoms with E-state index in [0.29, 0.717) is 6.54 Å². The van der Waals surface area contributed by atoms with Gasteiger partial charge < -0.3 is 10.6 Å². The SMILES string of the molecule is CCC1(C(=O)NCCc2cccnc2)CCNC1. The Balaban J connectivity index is 1.81. The molecule has 0 aromatic carbocycles. The first-order valence-corrected chi connectivity index (χ1v) is 6.65. The molecule has 0 spiro atoms. The van der Waals surface area contributed by atoms with E-state index in [2.05, 4.69) is 22.5 Å². The summed E-state index contributed by atoms with van der Waals surface area (Å²) in [5, 5.41) is 6.34. The smallest absolute Gasteiger partial charge is 0.227 e. The fourth-order valence-electron chi connectivity index (χ4n) is 2.45. The van der Waals surface area contributed by atoms with Crippen molar-refractivity contribution < 1.29 is 4.79 Å². The van der Waals surface area contributed by atoms with Crippen molar-refractivity contribution in [3.05, 3.63) is 30.1 Å². The van der Waals surface area contributed by atoms with E-state index in [4.69, 9.17) is 0 Å². The Hall–Kier alpha value is -1.42. The van der Waals surface area contributed by atoms with Gasteiger partial charge in [0.25, 0.3) is 0 Å². The van der Waals surface area contributed by atoms with Crippen molar-refractivity contribution >= 4 is 5.91 Å². The average Bonchev–Trinajstić information content (AvgIpc) is 2.90. The summed E-state index contributed by atoms with van der Waals surface area (Å²) in [7, 11) is 0. The molecule has 98 valence electrons. The van der Waals surface area contributed by atoms with Gasteiger partial charge in [0.05, 0.1) is 5.41 Å². The van der Waals surface area contributed by atoms with E-state index >= 15 is 0 Å². The van der Waals surface area contributed by atoms with Crippen LogP contribution in [0.1, 0.15) is 25.3 Å². The minimum atomic E-state index is -0.186. The van der Waals surface area contributed by atoms with Gasteiger partial charge in [-0.25, -0.2) is 0 Å². The molecular formula is C14H21N3O. The predicted octanol–water partition coefficient (Wildman–Crippen LogP) is 1.13. The molecule has 1 aliphatic rings. The number of hydrogen-bond acceptors (Lipinski definition) is 3. The fraction of sp³-hybridized carbons (Fsp3) is 0.571. The van der Waals surface area contributed by atoms with Gasteiger partial charge in [-0.3, -0.25) is 9.78 Å². The second-order valence-electron chi connectivity index (χ2n) is 4.93. The van der Waals surface area contributed by atoms with Crippen molar-refractivity contribution in [3.63, 3.8) is 0 Å². The monoisotopic (exact) mass is 247 g/mol. The molecular weight excluding hydrogens is 226 g/mol. The zero-order valence-electron chi connectivity index (χ0n) is 10.9. The van der Waals surface area contributed by atoms with E-state index in [1.807, 2.05) is 18.3 Å². The first-order chi connectivity index (χ1) is 8.77. The highest BCUT2D eigenvalue weighted by Gasteiger charge is 2.38. The highest BCUT2D eigenvalue weighted by molar-refractivity contribution is 5.83. The Bertz CT molecular complexity index is 385. The Morgan fingerprint density at radius 2 is 2.50 bits per heavy atom. The second kappa shape index (κ2) is 5.96. The number of nitrogens with zero attached hydrogens (tertiary/aromatic N) is 1. The highest BCUT2D eigenvalue weighted by Crippen LogP contribution is 2.29. The molecule has 1 fully saturated rings. The van der Waals surface area contributed by atoms with Gasteiger partial charge in [-0.15, -0.1) is 0 Å². The van der Waals surface area contributed by atoms with Crippen LogP contribution in [0.2, 0.25) is 0 Å². The molecule has 1 unspecified atom stereocenters.